The Morgan fingerprint density at radius 3 is 2.53 bits per heavy atom. The Labute approximate surface area is 109 Å². The van der Waals surface area contributed by atoms with Crippen LogP contribution in [0, 0.1) is 0 Å². The van der Waals surface area contributed by atoms with E-state index in [1.165, 1.54) is 38.5 Å². The molecule has 0 aliphatic carbocycles. The highest BCUT2D eigenvalue weighted by Gasteiger charge is 2.13. The lowest BCUT2D eigenvalue weighted by Crippen LogP contribution is -2.08. The van der Waals surface area contributed by atoms with Crippen molar-refractivity contribution < 1.29 is 29.3 Å². The van der Waals surface area contributed by atoms with Gasteiger partial charge in [0, 0.05) is 5.57 Å². The minimum Gasteiger partial charge on any atom is -0.504 e. The molecule has 19 heavy (non-hydrogen) atoms. The summed E-state index contributed by atoms with van der Waals surface area (Å²) in [5.41, 5.74) is 0.385. The third-order valence-corrected chi connectivity index (χ3v) is 2.38. The van der Waals surface area contributed by atoms with Crippen molar-refractivity contribution in [2.24, 2.45) is 0 Å². The minimum absolute atomic E-state index is 0.0514. The van der Waals surface area contributed by atoms with E-state index < -0.39 is 11.9 Å². The molecule has 0 saturated heterocycles. The number of methoxy groups -OCH3 is 2. The first-order chi connectivity index (χ1) is 8.97. The number of aliphatic carboxylic acids is 1. The van der Waals surface area contributed by atoms with Crippen LogP contribution >= 0.6 is 0 Å². The summed E-state index contributed by atoms with van der Waals surface area (Å²) < 4.78 is 9.34. The van der Waals surface area contributed by atoms with Crippen LogP contribution in [0.3, 0.4) is 0 Å². The average molecular weight is 266 g/mol. The summed E-state index contributed by atoms with van der Waals surface area (Å²) in [4.78, 5) is 22.1. The highest BCUT2D eigenvalue weighted by molar-refractivity contribution is 5.97. The Hall–Kier alpha value is -2.50. The van der Waals surface area contributed by atoms with Crippen LogP contribution in [0.25, 0.3) is 6.08 Å². The molecular weight excluding hydrogens is 252 g/mol. The van der Waals surface area contributed by atoms with E-state index in [0.717, 1.165) is 0 Å². The molecule has 0 unspecified atom stereocenters. The van der Waals surface area contributed by atoms with E-state index in [-0.39, 0.29) is 23.5 Å². The van der Waals surface area contributed by atoms with Gasteiger partial charge in [-0.2, -0.15) is 0 Å². The van der Waals surface area contributed by atoms with E-state index >= 15 is 0 Å². The number of ether oxygens (including phenoxy) is 2. The molecule has 0 fully saturated rings. The Morgan fingerprint density at radius 2 is 2.00 bits per heavy atom. The molecule has 0 saturated carbocycles. The van der Waals surface area contributed by atoms with Crippen LogP contribution in [0.1, 0.15) is 12.0 Å². The summed E-state index contributed by atoms with van der Waals surface area (Å²) in [6.45, 7) is 0. The summed E-state index contributed by atoms with van der Waals surface area (Å²) in [6, 6.07) is 4.36. The standard InChI is InChI=1S/C13H14O6/c1-18-11-6-8(3-4-10(11)14)5-9(13(16)17)7-12(15)19-2/h3-6,14H,7H2,1-2H3,(H,16,17)/b9-5+. The van der Waals surface area contributed by atoms with Gasteiger partial charge in [0.15, 0.2) is 11.5 Å². The monoisotopic (exact) mass is 266 g/mol. The van der Waals surface area contributed by atoms with E-state index in [4.69, 9.17) is 9.84 Å². The zero-order valence-corrected chi connectivity index (χ0v) is 10.5. The smallest absolute Gasteiger partial charge is 0.332 e. The molecule has 0 radical (unpaired) electrons. The molecule has 0 aliphatic rings. The molecular formula is C13H14O6. The first kappa shape index (κ1) is 14.6. The highest BCUT2D eigenvalue weighted by atomic mass is 16.5. The summed E-state index contributed by atoms with van der Waals surface area (Å²) in [7, 11) is 2.57. The van der Waals surface area contributed by atoms with Crippen LogP contribution in [0.15, 0.2) is 23.8 Å². The molecule has 102 valence electrons. The van der Waals surface area contributed by atoms with Gasteiger partial charge in [0.1, 0.15) is 0 Å². The summed E-state index contributed by atoms with van der Waals surface area (Å²) in [5.74, 6) is -1.68. The van der Waals surface area contributed by atoms with Gasteiger partial charge in [0.2, 0.25) is 0 Å². The molecule has 0 atom stereocenters. The maximum Gasteiger partial charge on any atom is 0.332 e. The van der Waals surface area contributed by atoms with Crippen LogP contribution < -0.4 is 4.74 Å². The zero-order valence-electron chi connectivity index (χ0n) is 10.5. The van der Waals surface area contributed by atoms with Gasteiger partial charge in [0.05, 0.1) is 20.6 Å². The first-order valence-corrected chi connectivity index (χ1v) is 5.35. The van der Waals surface area contributed by atoms with Gasteiger partial charge in [-0.15, -0.1) is 0 Å². The van der Waals surface area contributed by atoms with Crippen molar-refractivity contribution in [3.63, 3.8) is 0 Å². The summed E-state index contributed by atoms with van der Waals surface area (Å²) >= 11 is 0. The quantitative estimate of drug-likeness (QED) is 0.618. The maximum absolute atomic E-state index is 11.1. The number of carboxylic acids is 1. The van der Waals surface area contributed by atoms with Gasteiger partial charge < -0.3 is 19.7 Å². The number of aromatic hydroxyl groups is 1. The topological polar surface area (TPSA) is 93.1 Å². The fourth-order valence-electron chi connectivity index (χ4n) is 1.40. The number of carboxylic acid groups (broad SMARTS) is 1. The lowest BCUT2D eigenvalue weighted by atomic mass is 10.1. The second kappa shape index (κ2) is 6.44. The Bertz CT molecular complexity index is 518. The number of hydrogen-bond donors (Lipinski definition) is 2. The summed E-state index contributed by atoms with van der Waals surface area (Å²) in [5, 5.41) is 18.4. The zero-order chi connectivity index (χ0) is 14.4. The molecule has 1 aromatic rings. The minimum atomic E-state index is -1.21. The fraction of sp³-hybridized carbons (Fsp3) is 0.231. The molecule has 0 aliphatic heterocycles. The van der Waals surface area contributed by atoms with E-state index in [2.05, 4.69) is 4.74 Å². The average Bonchev–Trinajstić information content (AvgIpc) is 2.39. The number of carbonyl (C=O) groups excluding carboxylic acids is 1. The van der Waals surface area contributed by atoms with E-state index in [1.54, 1.807) is 0 Å². The normalized spacial score (nSPS) is 10.9. The van der Waals surface area contributed by atoms with E-state index in [1.807, 2.05) is 0 Å². The molecule has 6 nitrogen and oxygen atoms in total. The van der Waals surface area contributed by atoms with Crippen molar-refractivity contribution in [2.45, 2.75) is 6.42 Å². The third-order valence-electron chi connectivity index (χ3n) is 2.38. The second-order valence-corrected chi connectivity index (χ2v) is 3.66. The Kier molecular flexibility index (Phi) is 4.93. The van der Waals surface area contributed by atoms with E-state index in [0.29, 0.717) is 5.56 Å². The van der Waals surface area contributed by atoms with Crippen LogP contribution in [0.4, 0.5) is 0 Å². The predicted molar refractivity (Wildman–Crippen MR) is 66.9 cm³/mol. The van der Waals surface area contributed by atoms with Crippen LogP contribution in [0.5, 0.6) is 11.5 Å². The van der Waals surface area contributed by atoms with Gasteiger partial charge in [0.25, 0.3) is 0 Å². The van der Waals surface area contributed by atoms with Crippen molar-refractivity contribution in [3.8, 4) is 11.5 Å². The number of phenols is 1. The van der Waals surface area contributed by atoms with Gasteiger partial charge in [-0.3, -0.25) is 4.79 Å². The first-order valence-electron chi connectivity index (χ1n) is 5.35. The molecule has 1 rings (SSSR count). The molecule has 0 aromatic heterocycles. The third kappa shape index (κ3) is 4.02. The molecule has 2 N–H and O–H groups in total. The maximum atomic E-state index is 11.1. The van der Waals surface area contributed by atoms with Crippen molar-refractivity contribution in [2.75, 3.05) is 14.2 Å². The van der Waals surface area contributed by atoms with Crippen molar-refractivity contribution in [1.29, 1.82) is 0 Å². The molecule has 0 heterocycles. The Morgan fingerprint density at radius 1 is 1.32 bits per heavy atom. The van der Waals surface area contributed by atoms with Crippen molar-refractivity contribution in [3.05, 3.63) is 29.3 Å². The van der Waals surface area contributed by atoms with E-state index in [9.17, 15) is 14.7 Å². The van der Waals surface area contributed by atoms with Crippen molar-refractivity contribution >= 4 is 18.0 Å². The highest BCUT2D eigenvalue weighted by Crippen LogP contribution is 2.27. The number of carbonyl (C=O) groups is 2. The largest absolute Gasteiger partial charge is 0.504 e. The fourth-order valence-corrected chi connectivity index (χ4v) is 1.40. The molecule has 1 aromatic carbocycles. The van der Waals surface area contributed by atoms with Gasteiger partial charge >= 0.3 is 11.9 Å². The van der Waals surface area contributed by atoms with Gasteiger partial charge in [-0.05, 0) is 23.8 Å². The Balaban J connectivity index is 3.08. The SMILES string of the molecule is COC(=O)C/C(=C\c1ccc(O)c(OC)c1)C(=O)O. The van der Waals surface area contributed by atoms with Crippen LogP contribution in [-0.4, -0.2) is 36.4 Å². The van der Waals surface area contributed by atoms with Crippen LogP contribution in [0.2, 0.25) is 0 Å². The lowest BCUT2D eigenvalue weighted by Gasteiger charge is -2.05. The van der Waals surface area contributed by atoms with Crippen molar-refractivity contribution in [1.82, 2.24) is 0 Å². The molecule has 0 spiro atoms. The molecule has 0 amide bonds. The number of rotatable bonds is 5. The van der Waals surface area contributed by atoms with Gasteiger partial charge in [-0.25, -0.2) is 4.79 Å². The number of hydrogen-bond acceptors (Lipinski definition) is 5. The number of phenolic OH excluding ortho intramolecular Hbond substituents is 1. The predicted octanol–water partition coefficient (Wildman–Crippen LogP) is 1.43. The molecule has 6 heteroatoms. The molecule has 0 bridgehead atoms. The second-order valence-electron chi connectivity index (χ2n) is 3.66. The van der Waals surface area contributed by atoms with Gasteiger partial charge in [-0.1, -0.05) is 6.07 Å². The number of esters is 1. The number of benzene rings is 1. The summed E-state index contributed by atoms with van der Waals surface area (Å²) in [6.07, 6.45) is 0.982. The van der Waals surface area contributed by atoms with Crippen LogP contribution in [-0.2, 0) is 14.3 Å². The lowest BCUT2D eigenvalue weighted by molar-refractivity contribution is -0.142.